The highest BCUT2D eigenvalue weighted by atomic mass is 16.3. The molecule has 0 aliphatic heterocycles. The molecule has 0 aromatic carbocycles. The van der Waals surface area contributed by atoms with Gasteiger partial charge >= 0.3 is 0 Å². The van der Waals surface area contributed by atoms with Crippen molar-refractivity contribution in [3.8, 4) is 0 Å². The lowest BCUT2D eigenvalue weighted by Crippen LogP contribution is -2.33. The fraction of sp³-hybridized carbons (Fsp3) is 0.667. The van der Waals surface area contributed by atoms with Gasteiger partial charge in [-0.15, -0.1) is 0 Å². The number of carbonyl (C=O) groups is 1. The second-order valence-electron chi connectivity index (χ2n) is 3.59. The van der Waals surface area contributed by atoms with Gasteiger partial charge in [-0.2, -0.15) is 0 Å². The van der Waals surface area contributed by atoms with E-state index in [1.54, 1.807) is 0 Å². The monoisotopic (exact) mass is 167 g/mol. The summed E-state index contributed by atoms with van der Waals surface area (Å²) >= 11 is 0. The van der Waals surface area contributed by atoms with Crippen LogP contribution in [0.3, 0.4) is 0 Å². The third-order valence-corrected chi connectivity index (χ3v) is 2.87. The summed E-state index contributed by atoms with van der Waals surface area (Å²) in [5.41, 5.74) is 0. The van der Waals surface area contributed by atoms with Crippen LogP contribution in [0.1, 0.15) is 12.8 Å². The van der Waals surface area contributed by atoms with E-state index in [0.717, 1.165) is 12.8 Å². The van der Waals surface area contributed by atoms with Crippen LogP contribution in [0.2, 0.25) is 0 Å². The van der Waals surface area contributed by atoms with Crippen LogP contribution in [0, 0.1) is 17.8 Å². The summed E-state index contributed by atoms with van der Waals surface area (Å²) in [5, 5.41) is 11.0. The van der Waals surface area contributed by atoms with Gasteiger partial charge in [0.05, 0.1) is 0 Å². The van der Waals surface area contributed by atoms with Gasteiger partial charge in [0.25, 0.3) is 0 Å². The van der Waals surface area contributed by atoms with Crippen LogP contribution in [0.15, 0.2) is 12.2 Å². The van der Waals surface area contributed by atoms with Crippen molar-refractivity contribution in [2.75, 3.05) is 6.73 Å². The SMILES string of the molecule is O=C(NCO)C1CC2C=CC1C2. The largest absolute Gasteiger partial charge is 0.377 e. The zero-order chi connectivity index (χ0) is 8.55. The first-order chi connectivity index (χ1) is 5.81. The van der Waals surface area contributed by atoms with E-state index in [4.69, 9.17) is 5.11 Å². The Labute approximate surface area is 71.5 Å². The van der Waals surface area contributed by atoms with E-state index in [1.807, 2.05) is 0 Å². The van der Waals surface area contributed by atoms with E-state index in [9.17, 15) is 4.79 Å². The number of aliphatic hydroxyl groups is 1. The van der Waals surface area contributed by atoms with E-state index < -0.39 is 0 Å². The molecule has 2 aliphatic rings. The topological polar surface area (TPSA) is 49.3 Å². The Morgan fingerprint density at radius 3 is 2.83 bits per heavy atom. The van der Waals surface area contributed by atoms with Crippen molar-refractivity contribution in [3.05, 3.63) is 12.2 Å². The maximum absolute atomic E-state index is 11.3. The van der Waals surface area contributed by atoms with E-state index in [2.05, 4.69) is 17.5 Å². The predicted molar refractivity (Wildman–Crippen MR) is 44.1 cm³/mol. The molecule has 2 aliphatic carbocycles. The molecule has 1 saturated carbocycles. The summed E-state index contributed by atoms with van der Waals surface area (Å²) in [4.78, 5) is 11.3. The molecule has 3 unspecified atom stereocenters. The lowest BCUT2D eigenvalue weighted by molar-refractivity contribution is -0.126. The van der Waals surface area contributed by atoms with E-state index in [-0.39, 0.29) is 18.6 Å². The van der Waals surface area contributed by atoms with Gasteiger partial charge in [-0.1, -0.05) is 12.2 Å². The minimum atomic E-state index is -0.240. The molecule has 0 aromatic heterocycles. The highest BCUT2D eigenvalue weighted by Crippen LogP contribution is 2.43. The molecule has 2 bridgehead atoms. The van der Waals surface area contributed by atoms with Gasteiger partial charge in [-0.25, -0.2) is 0 Å². The first kappa shape index (κ1) is 7.80. The highest BCUT2D eigenvalue weighted by molar-refractivity contribution is 5.79. The fourth-order valence-corrected chi connectivity index (χ4v) is 2.29. The molecule has 3 nitrogen and oxygen atoms in total. The molecule has 0 spiro atoms. The zero-order valence-electron chi connectivity index (χ0n) is 6.86. The van der Waals surface area contributed by atoms with Gasteiger partial charge in [0.2, 0.25) is 5.91 Å². The van der Waals surface area contributed by atoms with Crippen LogP contribution in [-0.2, 0) is 4.79 Å². The van der Waals surface area contributed by atoms with Gasteiger partial charge in [0.15, 0.2) is 0 Å². The van der Waals surface area contributed by atoms with Crippen molar-refractivity contribution < 1.29 is 9.90 Å². The van der Waals surface area contributed by atoms with Crippen LogP contribution in [0.4, 0.5) is 0 Å². The van der Waals surface area contributed by atoms with Gasteiger partial charge < -0.3 is 10.4 Å². The predicted octanol–water partition coefficient (Wildman–Crippen LogP) is 0.265. The lowest BCUT2D eigenvalue weighted by Gasteiger charge is -2.16. The summed E-state index contributed by atoms with van der Waals surface area (Å²) in [7, 11) is 0. The van der Waals surface area contributed by atoms with E-state index in [0.29, 0.717) is 11.8 Å². The number of allylic oxidation sites excluding steroid dienone is 2. The number of rotatable bonds is 2. The fourth-order valence-electron chi connectivity index (χ4n) is 2.29. The number of hydrogen-bond acceptors (Lipinski definition) is 2. The van der Waals surface area contributed by atoms with Crippen LogP contribution in [0.25, 0.3) is 0 Å². The number of amides is 1. The molecule has 0 saturated heterocycles. The van der Waals surface area contributed by atoms with Gasteiger partial charge in [-0.05, 0) is 24.7 Å². The average Bonchev–Trinajstić information content (AvgIpc) is 2.64. The summed E-state index contributed by atoms with van der Waals surface area (Å²) in [6.45, 7) is -0.240. The molecular weight excluding hydrogens is 154 g/mol. The molecule has 3 atom stereocenters. The van der Waals surface area contributed by atoms with Crippen molar-refractivity contribution in [2.45, 2.75) is 12.8 Å². The lowest BCUT2D eigenvalue weighted by atomic mass is 9.93. The van der Waals surface area contributed by atoms with Gasteiger partial charge in [0, 0.05) is 5.92 Å². The minimum absolute atomic E-state index is 0.00866. The summed E-state index contributed by atoms with van der Waals surface area (Å²) < 4.78 is 0. The molecular formula is C9H13NO2. The number of hydrogen-bond donors (Lipinski definition) is 2. The van der Waals surface area contributed by atoms with Crippen molar-refractivity contribution in [3.63, 3.8) is 0 Å². The Bertz CT molecular complexity index is 225. The zero-order valence-corrected chi connectivity index (χ0v) is 6.86. The molecule has 2 rings (SSSR count). The van der Waals surface area contributed by atoms with Crippen molar-refractivity contribution in [1.29, 1.82) is 0 Å². The Balaban J connectivity index is 1.98. The number of nitrogens with one attached hydrogen (secondary N) is 1. The van der Waals surface area contributed by atoms with Crippen molar-refractivity contribution >= 4 is 5.91 Å². The Hall–Kier alpha value is -0.830. The Morgan fingerprint density at radius 1 is 1.50 bits per heavy atom. The molecule has 0 aromatic rings. The smallest absolute Gasteiger partial charge is 0.225 e. The summed E-state index contributed by atoms with van der Waals surface area (Å²) in [5.74, 6) is 1.17. The van der Waals surface area contributed by atoms with E-state index in [1.165, 1.54) is 0 Å². The Morgan fingerprint density at radius 2 is 2.33 bits per heavy atom. The van der Waals surface area contributed by atoms with Gasteiger partial charge in [-0.3, -0.25) is 4.79 Å². The van der Waals surface area contributed by atoms with Gasteiger partial charge in [0.1, 0.15) is 6.73 Å². The Kier molecular flexibility index (Phi) is 1.89. The number of fused-ring (bicyclic) bond motifs is 2. The number of aliphatic hydroxyl groups excluding tert-OH is 1. The molecule has 0 radical (unpaired) electrons. The van der Waals surface area contributed by atoms with E-state index >= 15 is 0 Å². The average molecular weight is 167 g/mol. The molecule has 2 N–H and O–H groups in total. The van der Waals surface area contributed by atoms with Crippen LogP contribution < -0.4 is 5.32 Å². The molecule has 1 amide bonds. The summed E-state index contributed by atoms with van der Waals surface area (Å²) in [6.07, 6.45) is 6.43. The molecule has 66 valence electrons. The number of carbonyl (C=O) groups excluding carboxylic acids is 1. The molecule has 12 heavy (non-hydrogen) atoms. The highest BCUT2D eigenvalue weighted by Gasteiger charge is 2.39. The second-order valence-corrected chi connectivity index (χ2v) is 3.59. The maximum Gasteiger partial charge on any atom is 0.225 e. The normalized spacial score (nSPS) is 37.2. The minimum Gasteiger partial charge on any atom is -0.377 e. The van der Waals surface area contributed by atoms with Crippen molar-refractivity contribution in [2.24, 2.45) is 17.8 Å². The third kappa shape index (κ3) is 1.14. The second kappa shape index (κ2) is 2.90. The molecule has 3 heteroatoms. The van der Waals surface area contributed by atoms with Crippen LogP contribution in [-0.4, -0.2) is 17.7 Å². The molecule has 1 fully saturated rings. The quantitative estimate of drug-likeness (QED) is 0.458. The van der Waals surface area contributed by atoms with Crippen molar-refractivity contribution in [1.82, 2.24) is 5.32 Å². The summed E-state index contributed by atoms with van der Waals surface area (Å²) in [6, 6.07) is 0. The van der Waals surface area contributed by atoms with Crippen LogP contribution in [0.5, 0.6) is 0 Å². The first-order valence-corrected chi connectivity index (χ1v) is 4.38. The molecule has 0 heterocycles. The van der Waals surface area contributed by atoms with Crippen LogP contribution >= 0.6 is 0 Å². The first-order valence-electron chi connectivity index (χ1n) is 4.38. The third-order valence-electron chi connectivity index (χ3n) is 2.87. The maximum atomic E-state index is 11.3. The standard InChI is InChI=1S/C9H13NO2/c11-5-10-9(12)8-4-6-1-2-7(8)3-6/h1-2,6-8,11H,3-5H2,(H,10,12).